The molecule has 2 heterocycles. The van der Waals surface area contributed by atoms with E-state index in [4.69, 9.17) is 19.7 Å². The maximum atomic E-state index is 13.1. The molecule has 2 aliphatic heterocycles. The van der Waals surface area contributed by atoms with Gasteiger partial charge in [0.1, 0.15) is 23.0 Å². The number of carbonyl (C=O) groups excluding carboxylic acids is 2. The lowest BCUT2D eigenvalue weighted by Crippen LogP contribution is -2.33. The normalized spacial score (nSPS) is 14.1. The second-order valence-corrected chi connectivity index (χ2v) is 8.12. The monoisotopic (exact) mass is 488 g/mol. The molecule has 0 radical (unpaired) electrons. The van der Waals surface area contributed by atoms with Crippen molar-refractivity contribution in [3.8, 4) is 23.0 Å². The van der Waals surface area contributed by atoms with Crippen LogP contribution in [0, 0.1) is 0 Å². The van der Waals surface area contributed by atoms with Crippen molar-refractivity contribution < 1.29 is 34.0 Å². The first-order valence-electron chi connectivity index (χ1n) is 11.0. The number of hydrogen-bond donors (Lipinski definition) is 3. The van der Waals surface area contributed by atoms with Crippen molar-refractivity contribution in [2.24, 2.45) is 5.11 Å². The number of benzene rings is 3. The van der Waals surface area contributed by atoms with Crippen LogP contribution in [0.15, 0.2) is 59.7 Å². The molecule has 11 nitrogen and oxygen atoms in total. The summed E-state index contributed by atoms with van der Waals surface area (Å²) in [7, 11) is 0. The van der Waals surface area contributed by atoms with E-state index >= 15 is 0 Å². The summed E-state index contributed by atoms with van der Waals surface area (Å²) in [5, 5.41) is 26.1. The van der Waals surface area contributed by atoms with Crippen LogP contribution in [0.5, 0.6) is 23.0 Å². The van der Waals surface area contributed by atoms with Gasteiger partial charge in [0.15, 0.2) is 5.60 Å². The van der Waals surface area contributed by atoms with Crippen molar-refractivity contribution in [1.29, 1.82) is 0 Å². The molecular weight excluding hydrogens is 468 g/mol. The van der Waals surface area contributed by atoms with Crippen LogP contribution in [-0.2, 0) is 15.1 Å². The van der Waals surface area contributed by atoms with Gasteiger partial charge in [-0.1, -0.05) is 11.2 Å². The highest BCUT2D eigenvalue weighted by Crippen LogP contribution is 2.57. The Morgan fingerprint density at radius 1 is 1.00 bits per heavy atom. The van der Waals surface area contributed by atoms with Crippen molar-refractivity contribution in [2.45, 2.75) is 5.60 Å². The molecule has 36 heavy (non-hydrogen) atoms. The minimum Gasteiger partial charge on any atom is -0.508 e. The van der Waals surface area contributed by atoms with E-state index in [1.54, 1.807) is 24.3 Å². The Morgan fingerprint density at radius 3 is 2.33 bits per heavy atom. The van der Waals surface area contributed by atoms with Gasteiger partial charge in [0.2, 0.25) is 0 Å². The largest absolute Gasteiger partial charge is 0.508 e. The molecule has 0 atom stereocenters. The number of nitrogens with zero attached hydrogens (tertiary/aromatic N) is 3. The Hall–Kier alpha value is -4.73. The molecule has 5 rings (SSSR count). The van der Waals surface area contributed by atoms with Crippen LogP contribution in [0.4, 0.5) is 0 Å². The average molecular weight is 488 g/mol. The number of fused-ring (bicyclic) bond motifs is 6. The van der Waals surface area contributed by atoms with E-state index in [1.807, 2.05) is 0 Å². The number of aromatic hydroxyl groups is 2. The number of rotatable bonds is 7. The van der Waals surface area contributed by atoms with E-state index in [1.165, 1.54) is 30.3 Å². The molecule has 3 N–H and O–H groups in total. The summed E-state index contributed by atoms with van der Waals surface area (Å²) in [4.78, 5) is 28.4. The third-order valence-electron chi connectivity index (χ3n) is 5.97. The van der Waals surface area contributed by atoms with E-state index in [0.29, 0.717) is 16.7 Å². The van der Waals surface area contributed by atoms with Crippen molar-refractivity contribution in [2.75, 3.05) is 26.3 Å². The van der Waals surface area contributed by atoms with Gasteiger partial charge in [0.25, 0.3) is 5.91 Å². The number of phenols is 2. The van der Waals surface area contributed by atoms with Crippen LogP contribution in [0.25, 0.3) is 10.4 Å². The Balaban J connectivity index is 1.47. The lowest BCUT2D eigenvalue weighted by atomic mass is 9.77. The zero-order valence-corrected chi connectivity index (χ0v) is 18.8. The zero-order chi connectivity index (χ0) is 25.3. The fourth-order valence-corrected chi connectivity index (χ4v) is 4.44. The first-order valence-corrected chi connectivity index (χ1v) is 11.0. The van der Waals surface area contributed by atoms with Crippen LogP contribution in [-0.4, -0.2) is 48.4 Å². The quantitative estimate of drug-likeness (QED) is 0.150. The molecule has 0 aliphatic carbocycles. The van der Waals surface area contributed by atoms with Crippen LogP contribution in [0.3, 0.4) is 0 Å². The summed E-state index contributed by atoms with van der Waals surface area (Å²) in [5.74, 6) is -0.544. The Labute approximate surface area is 204 Å². The van der Waals surface area contributed by atoms with E-state index in [-0.39, 0.29) is 60.4 Å². The number of carbonyl (C=O) groups is 2. The minimum atomic E-state index is -1.38. The number of amides is 1. The van der Waals surface area contributed by atoms with Gasteiger partial charge < -0.3 is 29.7 Å². The molecule has 0 unspecified atom stereocenters. The smallest absolute Gasteiger partial charge is 0.340 e. The van der Waals surface area contributed by atoms with E-state index < -0.39 is 17.5 Å². The molecule has 0 saturated carbocycles. The topological polar surface area (TPSA) is 163 Å². The predicted octanol–water partition coefficient (Wildman–Crippen LogP) is 3.72. The second kappa shape index (κ2) is 9.14. The van der Waals surface area contributed by atoms with Crippen molar-refractivity contribution in [3.63, 3.8) is 0 Å². The fraction of sp³-hybridized carbons (Fsp3) is 0.200. The summed E-state index contributed by atoms with van der Waals surface area (Å²) in [5.41, 5.74) is 8.85. The van der Waals surface area contributed by atoms with Crippen molar-refractivity contribution >= 4 is 11.9 Å². The van der Waals surface area contributed by atoms with Crippen LogP contribution < -0.4 is 10.1 Å². The summed E-state index contributed by atoms with van der Waals surface area (Å²) < 4.78 is 17.2. The van der Waals surface area contributed by atoms with E-state index in [0.717, 1.165) is 0 Å². The second-order valence-electron chi connectivity index (χ2n) is 8.12. The maximum Gasteiger partial charge on any atom is 0.340 e. The number of esters is 1. The number of phenolic OH excluding ortho intramolecular Hbond substituents is 2. The lowest BCUT2D eigenvalue weighted by Gasteiger charge is -2.36. The molecule has 3 aromatic rings. The van der Waals surface area contributed by atoms with Crippen molar-refractivity contribution in [1.82, 2.24) is 5.32 Å². The van der Waals surface area contributed by atoms with E-state index in [2.05, 4.69) is 15.3 Å². The number of azide groups is 1. The summed E-state index contributed by atoms with van der Waals surface area (Å²) in [6.07, 6.45) is 0. The molecule has 182 valence electrons. The summed E-state index contributed by atoms with van der Waals surface area (Å²) in [6, 6.07) is 13.7. The molecule has 0 fully saturated rings. The molecule has 0 saturated heterocycles. The third-order valence-corrected chi connectivity index (χ3v) is 5.97. The van der Waals surface area contributed by atoms with Gasteiger partial charge in [0, 0.05) is 52.4 Å². The number of nitrogens with one attached hydrogen (secondary N) is 1. The summed E-state index contributed by atoms with van der Waals surface area (Å²) in [6.45, 7) is 0.909. The molecule has 0 aromatic heterocycles. The average Bonchev–Trinajstić information content (AvgIpc) is 3.15. The predicted molar refractivity (Wildman–Crippen MR) is 125 cm³/mol. The maximum absolute atomic E-state index is 13.1. The van der Waals surface area contributed by atoms with Gasteiger partial charge >= 0.3 is 5.97 Å². The number of ether oxygens (including phenoxy) is 3. The van der Waals surface area contributed by atoms with Gasteiger partial charge in [0.05, 0.1) is 18.8 Å². The highest BCUT2D eigenvalue weighted by atomic mass is 16.6. The van der Waals surface area contributed by atoms with Crippen LogP contribution in [0.1, 0.15) is 37.4 Å². The van der Waals surface area contributed by atoms with E-state index in [9.17, 15) is 19.8 Å². The van der Waals surface area contributed by atoms with Crippen molar-refractivity contribution in [3.05, 3.63) is 92.9 Å². The molecule has 1 amide bonds. The van der Waals surface area contributed by atoms with Gasteiger partial charge in [-0.15, -0.1) is 0 Å². The highest BCUT2D eigenvalue weighted by Gasteiger charge is 2.53. The Morgan fingerprint density at radius 2 is 1.67 bits per heavy atom. The standard InChI is InChI=1S/C25H20N4O7/c26-29-28-8-10-34-9-7-27-23(32)14-1-4-18-17(11-14)24(33)36-25(18)19-5-2-15(30)12-21(19)35-22-13-16(31)3-6-20(22)25/h1-6,11-13,30-31H,7-10H2,(H,27,32). The first kappa shape index (κ1) is 23.0. The van der Waals surface area contributed by atoms with Crippen LogP contribution >= 0.6 is 0 Å². The van der Waals surface area contributed by atoms with Gasteiger partial charge in [-0.25, -0.2) is 4.79 Å². The Bertz CT molecular complexity index is 1380. The molecule has 1 spiro atoms. The van der Waals surface area contributed by atoms with Gasteiger partial charge in [-0.3, -0.25) is 4.79 Å². The molecule has 11 heteroatoms. The number of hydrogen-bond acceptors (Lipinski definition) is 8. The molecular formula is C25H20N4O7. The lowest BCUT2D eigenvalue weighted by molar-refractivity contribution is 0.0224. The van der Waals surface area contributed by atoms with Gasteiger partial charge in [-0.05, 0) is 41.9 Å². The molecule has 0 bridgehead atoms. The zero-order valence-electron chi connectivity index (χ0n) is 18.8. The molecule has 2 aliphatic rings. The molecule has 3 aromatic carbocycles. The Kier molecular flexibility index (Phi) is 5.85. The fourth-order valence-electron chi connectivity index (χ4n) is 4.44. The highest BCUT2D eigenvalue weighted by molar-refractivity contribution is 6.01. The SMILES string of the molecule is [N-]=[N+]=NCCOCCNC(=O)c1ccc2c(c1)C(=O)OC21c2ccc(O)cc2Oc2cc(O)ccc21. The minimum absolute atomic E-state index is 0.0363. The first-order chi connectivity index (χ1) is 17.4. The third kappa shape index (κ3) is 3.82. The van der Waals surface area contributed by atoms with Crippen LogP contribution in [0.2, 0.25) is 0 Å². The van der Waals surface area contributed by atoms with Gasteiger partial charge in [-0.2, -0.15) is 0 Å². The summed E-state index contributed by atoms with van der Waals surface area (Å²) >= 11 is 0.